The predicted molar refractivity (Wildman–Crippen MR) is 113 cm³/mol. The summed E-state index contributed by atoms with van der Waals surface area (Å²) in [4.78, 5) is 26.7. The van der Waals surface area contributed by atoms with Gasteiger partial charge in [-0.3, -0.25) is 4.90 Å². The molecule has 3 rings (SSSR count). The summed E-state index contributed by atoms with van der Waals surface area (Å²) in [6, 6.07) is 18.6. The average molecular weight is 411 g/mol. The van der Waals surface area contributed by atoms with Crippen molar-refractivity contribution in [3.63, 3.8) is 0 Å². The Morgan fingerprint density at radius 2 is 1.63 bits per heavy atom. The average Bonchev–Trinajstić information content (AvgIpc) is 2.72. The summed E-state index contributed by atoms with van der Waals surface area (Å²) >= 11 is 0. The van der Waals surface area contributed by atoms with Gasteiger partial charge in [0, 0.05) is 19.4 Å². The Morgan fingerprint density at radius 3 is 2.27 bits per heavy atom. The van der Waals surface area contributed by atoms with E-state index in [1.807, 2.05) is 57.2 Å². The van der Waals surface area contributed by atoms with Crippen LogP contribution in [0.4, 0.5) is 4.79 Å². The van der Waals surface area contributed by atoms with E-state index in [-0.39, 0.29) is 12.1 Å². The Balaban J connectivity index is 1.67. The summed E-state index contributed by atoms with van der Waals surface area (Å²) in [7, 11) is 0. The van der Waals surface area contributed by atoms with Crippen molar-refractivity contribution in [2.75, 3.05) is 6.54 Å². The Kier molecular flexibility index (Phi) is 7.11. The molecule has 0 radical (unpaired) electrons. The molecule has 2 aromatic rings. The van der Waals surface area contributed by atoms with Gasteiger partial charge in [0.05, 0.1) is 12.2 Å². The van der Waals surface area contributed by atoms with Crippen LogP contribution in [0.25, 0.3) is 0 Å². The second-order valence-electron chi connectivity index (χ2n) is 8.34. The minimum atomic E-state index is -0.600. The molecule has 1 saturated heterocycles. The van der Waals surface area contributed by atoms with E-state index in [9.17, 15) is 9.59 Å². The molecule has 0 aromatic heterocycles. The standard InChI is InChI=1S/C24H29NO5/c1-24(2,3)30-23(27)25-15-14-20(29-22(26)19-12-8-5-9-13-19)16-21(25)28-17-18-10-6-4-7-11-18/h4-13,20-21H,14-17H2,1-3H3. The Bertz CT molecular complexity index is 832. The van der Waals surface area contributed by atoms with E-state index >= 15 is 0 Å². The summed E-state index contributed by atoms with van der Waals surface area (Å²) in [5, 5.41) is 0. The number of nitrogens with zero attached hydrogens (tertiary/aromatic N) is 1. The molecule has 30 heavy (non-hydrogen) atoms. The van der Waals surface area contributed by atoms with Crippen molar-refractivity contribution < 1.29 is 23.8 Å². The molecule has 2 aromatic carbocycles. The van der Waals surface area contributed by atoms with Gasteiger partial charge >= 0.3 is 12.1 Å². The summed E-state index contributed by atoms with van der Waals surface area (Å²) in [6.07, 6.45) is -0.374. The van der Waals surface area contributed by atoms with E-state index < -0.39 is 17.9 Å². The number of hydrogen-bond donors (Lipinski definition) is 0. The highest BCUT2D eigenvalue weighted by Crippen LogP contribution is 2.25. The molecule has 1 aliphatic rings. The first kappa shape index (κ1) is 21.8. The largest absolute Gasteiger partial charge is 0.459 e. The zero-order chi connectivity index (χ0) is 21.6. The molecule has 0 aliphatic carbocycles. The van der Waals surface area contributed by atoms with Crippen LogP contribution in [0.3, 0.4) is 0 Å². The highest BCUT2D eigenvalue weighted by Gasteiger charge is 2.36. The third-order valence-electron chi connectivity index (χ3n) is 4.70. The number of amides is 1. The van der Waals surface area contributed by atoms with E-state index in [1.165, 1.54) is 0 Å². The van der Waals surface area contributed by atoms with Gasteiger partial charge in [-0.2, -0.15) is 0 Å². The third kappa shape index (κ3) is 6.32. The van der Waals surface area contributed by atoms with Crippen molar-refractivity contribution in [1.29, 1.82) is 0 Å². The van der Waals surface area contributed by atoms with Crippen molar-refractivity contribution in [2.45, 2.75) is 58.2 Å². The first-order valence-corrected chi connectivity index (χ1v) is 10.2. The summed E-state index contributed by atoms with van der Waals surface area (Å²) in [6.45, 7) is 6.24. The smallest absolute Gasteiger partial charge is 0.412 e. The van der Waals surface area contributed by atoms with Gasteiger partial charge in [0.2, 0.25) is 0 Å². The van der Waals surface area contributed by atoms with E-state index in [1.54, 1.807) is 29.2 Å². The molecular weight excluding hydrogens is 382 g/mol. The fourth-order valence-electron chi connectivity index (χ4n) is 3.25. The van der Waals surface area contributed by atoms with Crippen molar-refractivity contribution >= 4 is 12.1 Å². The maximum atomic E-state index is 12.7. The Hall–Kier alpha value is -2.86. The van der Waals surface area contributed by atoms with Gasteiger partial charge in [-0.1, -0.05) is 48.5 Å². The number of piperidine rings is 1. The van der Waals surface area contributed by atoms with Crippen LogP contribution < -0.4 is 0 Å². The zero-order valence-electron chi connectivity index (χ0n) is 17.7. The lowest BCUT2D eigenvalue weighted by atomic mass is 10.1. The quantitative estimate of drug-likeness (QED) is 0.662. The second-order valence-corrected chi connectivity index (χ2v) is 8.34. The number of ether oxygens (including phenoxy) is 3. The fraction of sp³-hybridized carbons (Fsp3) is 0.417. The van der Waals surface area contributed by atoms with Gasteiger partial charge in [-0.25, -0.2) is 9.59 Å². The number of carbonyl (C=O) groups excluding carboxylic acids is 2. The minimum absolute atomic E-state index is 0.336. The molecule has 2 unspecified atom stereocenters. The van der Waals surface area contributed by atoms with Gasteiger partial charge in [0.25, 0.3) is 0 Å². The minimum Gasteiger partial charge on any atom is -0.459 e. The second kappa shape index (κ2) is 9.76. The molecule has 6 heteroatoms. The number of hydrogen-bond acceptors (Lipinski definition) is 5. The first-order valence-electron chi connectivity index (χ1n) is 10.2. The topological polar surface area (TPSA) is 65.1 Å². The lowest BCUT2D eigenvalue weighted by Crippen LogP contribution is -2.51. The van der Waals surface area contributed by atoms with Crippen LogP contribution in [0.5, 0.6) is 0 Å². The molecule has 2 atom stereocenters. The van der Waals surface area contributed by atoms with Crippen LogP contribution in [0.1, 0.15) is 49.5 Å². The number of likely N-dealkylation sites (tertiary alicyclic amines) is 1. The van der Waals surface area contributed by atoms with Gasteiger partial charge in [-0.15, -0.1) is 0 Å². The molecule has 1 amide bonds. The lowest BCUT2D eigenvalue weighted by molar-refractivity contribution is -0.115. The number of rotatable bonds is 5. The van der Waals surface area contributed by atoms with Gasteiger partial charge in [-0.05, 0) is 38.5 Å². The third-order valence-corrected chi connectivity index (χ3v) is 4.70. The molecule has 1 aliphatic heterocycles. The first-order chi connectivity index (χ1) is 14.3. The molecule has 0 spiro atoms. The van der Waals surface area contributed by atoms with Crippen LogP contribution in [0.2, 0.25) is 0 Å². The zero-order valence-corrected chi connectivity index (χ0v) is 17.7. The van der Waals surface area contributed by atoms with Crippen LogP contribution in [0.15, 0.2) is 60.7 Å². The van der Waals surface area contributed by atoms with Crippen LogP contribution in [0, 0.1) is 0 Å². The normalized spacial score (nSPS) is 19.2. The van der Waals surface area contributed by atoms with E-state index in [2.05, 4.69) is 0 Å². The molecule has 0 saturated carbocycles. The lowest BCUT2D eigenvalue weighted by Gasteiger charge is -2.39. The molecule has 160 valence electrons. The number of esters is 1. The SMILES string of the molecule is CC(C)(C)OC(=O)N1CCC(OC(=O)c2ccccc2)CC1OCc1ccccc1. The molecule has 0 bridgehead atoms. The van der Waals surface area contributed by atoms with E-state index in [4.69, 9.17) is 14.2 Å². The molecule has 1 fully saturated rings. The highest BCUT2D eigenvalue weighted by atomic mass is 16.6. The fourth-order valence-corrected chi connectivity index (χ4v) is 3.25. The maximum Gasteiger partial charge on any atom is 0.412 e. The van der Waals surface area contributed by atoms with Gasteiger partial charge < -0.3 is 14.2 Å². The summed E-state index contributed by atoms with van der Waals surface area (Å²) in [5.41, 5.74) is 0.913. The Morgan fingerprint density at radius 1 is 1.00 bits per heavy atom. The van der Waals surface area contributed by atoms with Crippen molar-refractivity contribution in [2.24, 2.45) is 0 Å². The van der Waals surface area contributed by atoms with Crippen molar-refractivity contribution in [3.8, 4) is 0 Å². The summed E-state index contributed by atoms with van der Waals surface area (Å²) in [5.74, 6) is -0.367. The van der Waals surface area contributed by atoms with Gasteiger partial charge in [0.1, 0.15) is 17.9 Å². The number of carbonyl (C=O) groups is 2. The van der Waals surface area contributed by atoms with Crippen LogP contribution in [-0.2, 0) is 20.8 Å². The van der Waals surface area contributed by atoms with Gasteiger partial charge in [0.15, 0.2) is 0 Å². The van der Waals surface area contributed by atoms with Crippen molar-refractivity contribution in [1.82, 2.24) is 4.90 Å². The van der Waals surface area contributed by atoms with Crippen LogP contribution in [-0.4, -0.2) is 41.4 Å². The monoisotopic (exact) mass is 411 g/mol. The highest BCUT2D eigenvalue weighted by molar-refractivity contribution is 5.89. The molecule has 1 heterocycles. The van der Waals surface area contributed by atoms with E-state index in [0.717, 1.165) is 5.56 Å². The molecule has 0 N–H and O–H groups in total. The van der Waals surface area contributed by atoms with Crippen LogP contribution >= 0.6 is 0 Å². The number of benzene rings is 2. The van der Waals surface area contributed by atoms with E-state index in [0.29, 0.717) is 31.6 Å². The molecular formula is C24H29NO5. The maximum absolute atomic E-state index is 12.7. The Labute approximate surface area is 177 Å². The summed E-state index contributed by atoms with van der Waals surface area (Å²) < 4.78 is 17.3. The van der Waals surface area contributed by atoms with Crippen molar-refractivity contribution in [3.05, 3.63) is 71.8 Å². The predicted octanol–water partition coefficient (Wildman–Crippen LogP) is 4.79. The molecule has 6 nitrogen and oxygen atoms in total.